The summed E-state index contributed by atoms with van der Waals surface area (Å²) < 4.78 is 53.8. The molecule has 0 radical (unpaired) electrons. The summed E-state index contributed by atoms with van der Waals surface area (Å²) in [6.45, 7) is 1.64. The molecule has 35 heavy (non-hydrogen) atoms. The molecule has 0 aromatic heterocycles. The van der Waals surface area contributed by atoms with Crippen LogP contribution in [0.15, 0.2) is 46.6 Å². The van der Waals surface area contributed by atoms with Gasteiger partial charge in [0.15, 0.2) is 5.71 Å². The van der Waals surface area contributed by atoms with Crippen LogP contribution in [0.2, 0.25) is 0 Å². The lowest BCUT2D eigenvalue weighted by Gasteiger charge is -2.14. The number of benzene rings is 2. The molecule has 0 aliphatic carbocycles. The van der Waals surface area contributed by atoms with Gasteiger partial charge in [0.05, 0.1) is 17.0 Å². The van der Waals surface area contributed by atoms with Gasteiger partial charge >= 0.3 is 12.1 Å². The molecule has 1 aliphatic rings. The minimum Gasteiger partial charge on any atom is -0.505 e. The fourth-order valence-corrected chi connectivity index (χ4v) is 3.55. The van der Waals surface area contributed by atoms with E-state index >= 15 is 0 Å². The zero-order valence-corrected chi connectivity index (χ0v) is 18.6. The summed E-state index contributed by atoms with van der Waals surface area (Å²) in [5.41, 5.74) is 1.58. The lowest BCUT2D eigenvalue weighted by atomic mass is 9.98. The number of carbonyl (C=O) groups excluding carboxylic acids is 1. The van der Waals surface area contributed by atoms with E-state index in [9.17, 15) is 32.3 Å². The van der Waals surface area contributed by atoms with Crippen molar-refractivity contribution in [3.63, 3.8) is 0 Å². The van der Waals surface area contributed by atoms with Gasteiger partial charge in [-0.25, -0.2) is 9.40 Å². The predicted octanol–water partition coefficient (Wildman–Crippen LogP) is 4.19. The van der Waals surface area contributed by atoms with Gasteiger partial charge in [-0.2, -0.15) is 23.4 Å². The smallest absolute Gasteiger partial charge is 0.416 e. The van der Waals surface area contributed by atoms with E-state index in [0.717, 1.165) is 23.2 Å². The number of hydrazone groups is 2. The maximum atomic E-state index is 14.1. The molecule has 1 aliphatic heterocycles. The van der Waals surface area contributed by atoms with E-state index in [2.05, 4.69) is 15.6 Å². The molecule has 0 saturated carbocycles. The Morgan fingerprint density at radius 2 is 1.89 bits per heavy atom. The number of phenols is 1. The Morgan fingerprint density at radius 1 is 1.17 bits per heavy atom. The Morgan fingerprint density at radius 3 is 2.57 bits per heavy atom. The lowest BCUT2D eigenvalue weighted by Crippen LogP contribution is -2.29. The normalized spacial score (nSPS) is 15.0. The zero-order chi connectivity index (χ0) is 25.8. The third-order valence-corrected chi connectivity index (χ3v) is 5.29. The number of aliphatic carboxylic acids is 1. The third-order valence-electron chi connectivity index (χ3n) is 5.29. The van der Waals surface area contributed by atoms with Crippen molar-refractivity contribution < 1.29 is 37.4 Å². The fourth-order valence-electron chi connectivity index (χ4n) is 3.55. The maximum Gasteiger partial charge on any atom is 0.416 e. The van der Waals surface area contributed by atoms with Crippen molar-refractivity contribution in [1.29, 1.82) is 0 Å². The second kappa shape index (κ2) is 10.5. The van der Waals surface area contributed by atoms with Crippen molar-refractivity contribution in [3.8, 4) is 5.75 Å². The summed E-state index contributed by atoms with van der Waals surface area (Å²) in [6.07, 6.45) is -5.02. The second-order valence-corrected chi connectivity index (χ2v) is 7.76. The van der Waals surface area contributed by atoms with Gasteiger partial charge < -0.3 is 10.2 Å². The molecular weight excluding hydrogens is 472 g/mol. The van der Waals surface area contributed by atoms with E-state index in [4.69, 9.17) is 5.11 Å². The van der Waals surface area contributed by atoms with Gasteiger partial charge in [0.2, 0.25) is 0 Å². The lowest BCUT2D eigenvalue weighted by molar-refractivity contribution is -0.138. The van der Waals surface area contributed by atoms with Crippen LogP contribution in [0.1, 0.15) is 36.5 Å². The molecule has 3 rings (SSSR count). The first-order valence-electron chi connectivity index (χ1n) is 10.6. The number of carboxylic acids is 1. The van der Waals surface area contributed by atoms with Crippen LogP contribution in [0.3, 0.4) is 0 Å². The van der Waals surface area contributed by atoms with Crippen LogP contribution in [0.4, 0.5) is 23.2 Å². The number of alkyl halides is 3. The van der Waals surface area contributed by atoms with E-state index in [0.29, 0.717) is 0 Å². The zero-order valence-electron chi connectivity index (χ0n) is 18.6. The average molecular weight is 494 g/mol. The quantitative estimate of drug-likeness (QED) is 0.275. The molecule has 1 heterocycles. The van der Waals surface area contributed by atoms with E-state index in [1.54, 1.807) is 6.92 Å². The van der Waals surface area contributed by atoms with Gasteiger partial charge in [-0.3, -0.25) is 15.0 Å². The average Bonchev–Trinajstić information content (AvgIpc) is 3.04. The Labute approximate surface area is 197 Å². The molecule has 0 atom stereocenters. The number of hydrogen-bond acceptors (Lipinski definition) is 6. The molecule has 0 bridgehead atoms. The number of phenolic OH excluding ortho intramolecular Hbond substituents is 1. The van der Waals surface area contributed by atoms with Crippen molar-refractivity contribution in [1.82, 2.24) is 5.01 Å². The molecule has 0 fully saturated rings. The number of carbonyl (C=O) groups is 2. The molecule has 8 nitrogen and oxygen atoms in total. The number of nitrogens with zero attached hydrogens (tertiary/aromatic N) is 3. The number of aromatic hydroxyl groups is 1. The van der Waals surface area contributed by atoms with Crippen LogP contribution in [-0.2, 0) is 28.6 Å². The highest BCUT2D eigenvalue weighted by molar-refractivity contribution is 6.68. The molecule has 0 saturated heterocycles. The van der Waals surface area contributed by atoms with Gasteiger partial charge in [0, 0.05) is 18.5 Å². The van der Waals surface area contributed by atoms with Gasteiger partial charge in [-0.15, -0.1) is 0 Å². The number of halogens is 4. The molecule has 0 unspecified atom stereocenters. The topological polar surface area (TPSA) is 115 Å². The van der Waals surface area contributed by atoms with Crippen LogP contribution in [-0.4, -0.2) is 45.1 Å². The molecule has 3 N–H and O–H groups in total. The summed E-state index contributed by atoms with van der Waals surface area (Å²) >= 11 is 0. The third kappa shape index (κ3) is 6.14. The SMILES string of the molecule is CC1=NN(CCCC(=O)O)C(=O)/C1=N\Nc1cccc(CCc2c(F)cccc2C(F)(F)F)c1O. The number of aryl methyl sites for hydroxylation is 1. The number of rotatable bonds is 9. The number of nitrogens with one attached hydrogen (secondary N) is 1. The first-order chi connectivity index (χ1) is 16.5. The van der Waals surface area contributed by atoms with E-state index < -0.39 is 35.0 Å². The van der Waals surface area contributed by atoms with Crippen molar-refractivity contribution in [3.05, 3.63) is 58.9 Å². The number of hydrogen-bond donors (Lipinski definition) is 3. The Kier molecular flexibility index (Phi) is 7.72. The highest BCUT2D eigenvalue weighted by atomic mass is 19.4. The van der Waals surface area contributed by atoms with Crippen LogP contribution >= 0.6 is 0 Å². The Hall–Kier alpha value is -3.96. The number of amides is 1. The molecule has 2 aromatic rings. The summed E-state index contributed by atoms with van der Waals surface area (Å²) in [6, 6.07) is 7.21. The van der Waals surface area contributed by atoms with Crippen molar-refractivity contribution in [2.45, 2.75) is 38.8 Å². The largest absolute Gasteiger partial charge is 0.505 e. The van der Waals surface area contributed by atoms with E-state index in [1.807, 2.05) is 0 Å². The van der Waals surface area contributed by atoms with Gasteiger partial charge in [0.1, 0.15) is 11.6 Å². The van der Waals surface area contributed by atoms with Crippen LogP contribution < -0.4 is 5.43 Å². The minimum absolute atomic E-state index is 0.0358. The van der Waals surface area contributed by atoms with Gasteiger partial charge in [-0.05, 0) is 49.9 Å². The molecular formula is C23H22F4N4O4. The van der Waals surface area contributed by atoms with Crippen LogP contribution in [0.5, 0.6) is 5.75 Å². The first-order valence-corrected chi connectivity index (χ1v) is 10.6. The maximum absolute atomic E-state index is 14.1. The Balaban J connectivity index is 1.72. The second-order valence-electron chi connectivity index (χ2n) is 7.76. The fraction of sp³-hybridized carbons (Fsp3) is 0.304. The standard InChI is InChI=1S/C23H22F4N4O4/c1-13-20(22(35)31(30-13)12-4-9-19(32)33)29-28-18-8-2-5-14(21(18)34)10-11-15-16(23(25,26)27)6-3-7-17(15)24/h2-3,5-8,28,34H,4,9-12H2,1H3,(H,32,33)/b29-20-. The van der Waals surface area contributed by atoms with Crippen molar-refractivity contribution >= 4 is 29.0 Å². The Bertz CT molecular complexity index is 1190. The molecule has 0 spiro atoms. The van der Waals surface area contributed by atoms with Crippen LogP contribution in [0, 0.1) is 5.82 Å². The van der Waals surface area contributed by atoms with Gasteiger partial charge in [-0.1, -0.05) is 18.2 Å². The van der Waals surface area contributed by atoms with Crippen molar-refractivity contribution in [2.75, 3.05) is 12.0 Å². The van der Waals surface area contributed by atoms with Gasteiger partial charge in [0.25, 0.3) is 5.91 Å². The monoisotopic (exact) mass is 494 g/mol. The molecule has 1 amide bonds. The number of anilines is 1. The van der Waals surface area contributed by atoms with Crippen LogP contribution in [0.25, 0.3) is 0 Å². The number of carboxylic acid groups (broad SMARTS) is 1. The van der Waals surface area contributed by atoms with Crippen molar-refractivity contribution in [2.24, 2.45) is 10.2 Å². The summed E-state index contributed by atoms with van der Waals surface area (Å²) in [7, 11) is 0. The summed E-state index contributed by atoms with van der Waals surface area (Å²) in [5, 5.41) is 28.4. The minimum atomic E-state index is -4.71. The molecule has 2 aromatic carbocycles. The molecule has 186 valence electrons. The predicted molar refractivity (Wildman–Crippen MR) is 120 cm³/mol. The highest BCUT2D eigenvalue weighted by Crippen LogP contribution is 2.35. The number of para-hydroxylation sites is 1. The van der Waals surface area contributed by atoms with E-state index in [-0.39, 0.29) is 60.7 Å². The first kappa shape index (κ1) is 25.7. The highest BCUT2D eigenvalue weighted by Gasteiger charge is 2.34. The summed E-state index contributed by atoms with van der Waals surface area (Å²) in [5.74, 6) is -2.83. The summed E-state index contributed by atoms with van der Waals surface area (Å²) in [4.78, 5) is 23.1. The molecule has 12 heteroatoms. The van der Waals surface area contributed by atoms with E-state index in [1.165, 1.54) is 18.2 Å².